The van der Waals surface area contributed by atoms with Gasteiger partial charge in [0.15, 0.2) is 0 Å². The van der Waals surface area contributed by atoms with E-state index in [0.717, 1.165) is 19.0 Å². The van der Waals surface area contributed by atoms with Gasteiger partial charge < -0.3 is 5.32 Å². The molecule has 1 aliphatic carbocycles. The molecule has 0 atom stereocenters. The molecule has 1 fully saturated rings. The van der Waals surface area contributed by atoms with Gasteiger partial charge in [-0.15, -0.1) is 0 Å². The van der Waals surface area contributed by atoms with Crippen molar-refractivity contribution in [1.29, 1.82) is 0 Å². The molecule has 0 radical (unpaired) electrons. The summed E-state index contributed by atoms with van der Waals surface area (Å²) < 4.78 is 2.20. The molecule has 1 aliphatic rings. The van der Waals surface area contributed by atoms with E-state index >= 15 is 0 Å². The third kappa shape index (κ3) is 3.32. The van der Waals surface area contributed by atoms with Crippen LogP contribution >= 0.6 is 0 Å². The first-order chi connectivity index (χ1) is 8.08. The number of nitrogens with zero attached hydrogens (tertiary/aromatic N) is 2. The Kier molecular flexibility index (Phi) is 3.87. The fourth-order valence-corrected chi connectivity index (χ4v) is 2.23. The van der Waals surface area contributed by atoms with Crippen molar-refractivity contribution in [2.45, 2.75) is 66.1 Å². The second-order valence-electron chi connectivity index (χ2n) is 5.64. The first-order valence-corrected chi connectivity index (χ1v) is 6.84. The van der Waals surface area contributed by atoms with Crippen LogP contribution in [0.5, 0.6) is 0 Å². The summed E-state index contributed by atoms with van der Waals surface area (Å²) in [6.45, 7) is 10.7. The summed E-state index contributed by atoms with van der Waals surface area (Å²) >= 11 is 0. The maximum atomic E-state index is 4.66. The minimum Gasteiger partial charge on any atom is -0.310 e. The molecule has 0 spiro atoms. The molecule has 3 nitrogen and oxygen atoms in total. The monoisotopic (exact) mass is 235 g/mol. The summed E-state index contributed by atoms with van der Waals surface area (Å²) in [6, 6.07) is 0.531. The molecule has 3 heteroatoms. The van der Waals surface area contributed by atoms with Crippen molar-refractivity contribution in [3.05, 3.63) is 17.0 Å². The van der Waals surface area contributed by atoms with Crippen LogP contribution < -0.4 is 5.32 Å². The Bertz CT molecular complexity index is 375. The summed E-state index contributed by atoms with van der Waals surface area (Å²) in [5.74, 6) is 0.983. The van der Waals surface area contributed by atoms with Gasteiger partial charge in [0.05, 0.1) is 5.69 Å². The maximum Gasteiger partial charge on any atom is 0.0641 e. The number of rotatable bonds is 6. The number of hydrogen-bond donors (Lipinski definition) is 1. The molecule has 0 amide bonds. The van der Waals surface area contributed by atoms with E-state index in [9.17, 15) is 0 Å². The van der Waals surface area contributed by atoms with Gasteiger partial charge in [0, 0.05) is 30.4 Å². The van der Waals surface area contributed by atoms with Gasteiger partial charge in [0.25, 0.3) is 0 Å². The van der Waals surface area contributed by atoms with Crippen molar-refractivity contribution in [3.8, 4) is 0 Å². The lowest BCUT2D eigenvalue weighted by molar-refractivity contribution is 0.531. The Morgan fingerprint density at radius 1 is 1.35 bits per heavy atom. The van der Waals surface area contributed by atoms with Gasteiger partial charge in [-0.2, -0.15) is 5.10 Å². The molecule has 2 rings (SSSR count). The first kappa shape index (κ1) is 12.6. The molecule has 1 heterocycles. The van der Waals surface area contributed by atoms with E-state index in [2.05, 4.69) is 42.8 Å². The largest absolute Gasteiger partial charge is 0.310 e. The predicted octanol–water partition coefficient (Wildman–Crippen LogP) is 2.80. The lowest BCUT2D eigenvalue weighted by atomic mass is 10.2. The molecule has 17 heavy (non-hydrogen) atoms. The number of hydrogen-bond acceptors (Lipinski definition) is 2. The second kappa shape index (κ2) is 5.21. The normalized spacial score (nSPS) is 15.8. The van der Waals surface area contributed by atoms with Crippen LogP contribution in [0, 0.1) is 19.8 Å². The van der Waals surface area contributed by atoms with Crippen LogP contribution in [0.1, 0.15) is 50.1 Å². The number of nitrogens with one attached hydrogen (secondary N) is 1. The van der Waals surface area contributed by atoms with Crippen LogP contribution in [0.4, 0.5) is 0 Å². The zero-order valence-electron chi connectivity index (χ0n) is 11.6. The molecule has 1 aromatic rings. The Morgan fingerprint density at radius 3 is 2.65 bits per heavy atom. The van der Waals surface area contributed by atoms with Crippen molar-refractivity contribution in [2.24, 2.45) is 5.92 Å². The van der Waals surface area contributed by atoms with E-state index in [0.29, 0.717) is 6.04 Å². The standard InChI is InChI=1S/C14H25N3/c1-10(2)15-9-14-11(3)16-17(12(14)4)8-7-13-5-6-13/h10,13,15H,5-9H2,1-4H3. The summed E-state index contributed by atoms with van der Waals surface area (Å²) in [6.07, 6.45) is 4.17. The first-order valence-electron chi connectivity index (χ1n) is 6.84. The minimum atomic E-state index is 0.531. The Hall–Kier alpha value is -0.830. The SMILES string of the molecule is Cc1nn(CCC2CC2)c(C)c1CNC(C)C. The molecular weight excluding hydrogens is 210 g/mol. The zero-order chi connectivity index (χ0) is 12.4. The highest BCUT2D eigenvalue weighted by Gasteiger charge is 2.21. The summed E-state index contributed by atoms with van der Waals surface area (Å²) in [5.41, 5.74) is 3.91. The zero-order valence-corrected chi connectivity index (χ0v) is 11.6. The molecule has 0 saturated heterocycles. The van der Waals surface area contributed by atoms with Crippen molar-refractivity contribution >= 4 is 0 Å². The summed E-state index contributed by atoms with van der Waals surface area (Å²) in [5, 5.41) is 8.15. The summed E-state index contributed by atoms with van der Waals surface area (Å²) in [7, 11) is 0. The van der Waals surface area contributed by atoms with Gasteiger partial charge in [-0.25, -0.2) is 0 Å². The van der Waals surface area contributed by atoms with E-state index < -0.39 is 0 Å². The van der Waals surface area contributed by atoms with Crippen LogP contribution in [0.25, 0.3) is 0 Å². The Balaban J connectivity index is 1.99. The lowest BCUT2D eigenvalue weighted by Crippen LogP contribution is -2.22. The van der Waals surface area contributed by atoms with Crippen molar-refractivity contribution in [1.82, 2.24) is 15.1 Å². The molecule has 1 saturated carbocycles. The molecule has 0 unspecified atom stereocenters. The molecule has 0 bridgehead atoms. The van der Waals surface area contributed by atoms with Crippen LogP contribution in [0.2, 0.25) is 0 Å². The molecule has 0 aliphatic heterocycles. The van der Waals surface area contributed by atoms with Crippen LogP contribution in [0.15, 0.2) is 0 Å². The minimum absolute atomic E-state index is 0.531. The summed E-state index contributed by atoms with van der Waals surface area (Å²) in [4.78, 5) is 0. The van der Waals surface area contributed by atoms with Crippen LogP contribution in [-0.2, 0) is 13.1 Å². The van der Waals surface area contributed by atoms with Gasteiger partial charge in [-0.1, -0.05) is 26.7 Å². The molecule has 96 valence electrons. The third-order valence-corrected chi connectivity index (χ3v) is 3.66. The highest BCUT2D eigenvalue weighted by Crippen LogP contribution is 2.32. The Labute approximate surface area is 105 Å². The third-order valence-electron chi connectivity index (χ3n) is 3.66. The lowest BCUT2D eigenvalue weighted by Gasteiger charge is -2.09. The fraction of sp³-hybridized carbons (Fsp3) is 0.786. The molecular formula is C14H25N3. The van der Waals surface area contributed by atoms with E-state index in [1.165, 1.54) is 36.2 Å². The average Bonchev–Trinajstić information content (AvgIpc) is 3.03. The van der Waals surface area contributed by atoms with Gasteiger partial charge >= 0.3 is 0 Å². The van der Waals surface area contributed by atoms with Gasteiger partial charge in [-0.05, 0) is 26.2 Å². The van der Waals surface area contributed by atoms with E-state index in [1.807, 2.05) is 0 Å². The molecule has 1 N–H and O–H groups in total. The average molecular weight is 235 g/mol. The smallest absolute Gasteiger partial charge is 0.0641 e. The van der Waals surface area contributed by atoms with Gasteiger partial charge in [-0.3, -0.25) is 4.68 Å². The second-order valence-corrected chi connectivity index (χ2v) is 5.64. The van der Waals surface area contributed by atoms with E-state index in [1.54, 1.807) is 0 Å². The van der Waals surface area contributed by atoms with Crippen molar-refractivity contribution in [2.75, 3.05) is 0 Å². The van der Waals surface area contributed by atoms with E-state index in [4.69, 9.17) is 0 Å². The quantitative estimate of drug-likeness (QED) is 0.821. The Morgan fingerprint density at radius 2 is 2.06 bits per heavy atom. The number of aromatic nitrogens is 2. The maximum absolute atomic E-state index is 4.66. The van der Waals surface area contributed by atoms with Crippen molar-refractivity contribution in [3.63, 3.8) is 0 Å². The number of aryl methyl sites for hydroxylation is 2. The van der Waals surface area contributed by atoms with E-state index in [-0.39, 0.29) is 0 Å². The fourth-order valence-electron chi connectivity index (χ4n) is 2.23. The topological polar surface area (TPSA) is 29.9 Å². The van der Waals surface area contributed by atoms with Crippen molar-refractivity contribution < 1.29 is 0 Å². The molecule has 0 aromatic carbocycles. The van der Waals surface area contributed by atoms with Gasteiger partial charge in [0.2, 0.25) is 0 Å². The predicted molar refractivity (Wildman–Crippen MR) is 71.0 cm³/mol. The van der Waals surface area contributed by atoms with Crippen LogP contribution in [-0.4, -0.2) is 15.8 Å². The van der Waals surface area contributed by atoms with Gasteiger partial charge in [0.1, 0.15) is 0 Å². The highest BCUT2D eigenvalue weighted by atomic mass is 15.3. The van der Waals surface area contributed by atoms with Crippen LogP contribution in [0.3, 0.4) is 0 Å². The highest BCUT2D eigenvalue weighted by molar-refractivity contribution is 5.24. The molecule has 1 aromatic heterocycles.